The Kier molecular flexibility index (Phi) is 12.8. The highest BCUT2D eigenvalue weighted by Gasteiger charge is 2.44. The van der Waals surface area contributed by atoms with E-state index in [-0.39, 0.29) is 29.0 Å². The van der Waals surface area contributed by atoms with Crippen LogP contribution in [0, 0.1) is 11.8 Å². The van der Waals surface area contributed by atoms with Crippen molar-refractivity contribution >= 4 is 18.0 Å². The highest BCUT2D eigenvalue weighted by Crippen LogP contribution is 2.38. The van der Waals surface area contributed by atoms with E-state index in [1.165, 1.54) is 0 Å². The number of aliphatic hydroxyl groups excluding tert-OH is 1. The molecule has 2 fully saturated rings. The molecule has 10 nitrogen and oxygen atoms in total. The Morgan fingerprint density at radius 1 is 0.792 bits per heavy atom. The SMILES string of the molecule is CC(C)(C)OC(=O)N1C[C@@H](CCC(=O)c2ccccn2)CC1(C)C.CC(C)(C)OC(=O)N1C[C@@H](CCC(O)c2ccccn2)CC1(C)C. The monoisotopic (exact) mass is 666 g/mol. The number of aliphatic hydroxyl groups is 1. The summed E-state index contributed by atoms with van der Waals surface area (Å²) in [5.74, 6) is 0.732. The summed E-state index contributed by atoms with van der Waals surface area (Å²) in [7, 11) is 0. The van der Waals surface area contributed by atoms with Crippen LogP contribution in [-0.2, 0) is 9.47 Å². The molecule has 2 aliphatic heterocycles. The summed E-state index contributed by atoms with van der Waals surface area (Å²) < 4.78 is 11.0. The number of likely N-dealkylation sites (tertiary alicyclic amines) is 2. The highest BCUT2D eigenvalue weighted by molar-refractivity contribution is 5.94. The molecule has 2 saturated heterocycles. The minimum Gasteiger partial charge on any atom is -0.444 e. The molecule has 2 amide bonds. The quantitative estimate of drug-likeness (QED) is 0.281. The van der Waals surface area contributed by atoms with Crippen molar-refractivity contribution < 1.29 is 29.0 Å². The molecule has 4 rings (SSSR count). The number of amides is 2. The zero-order valence-electron chi connectivity index (χ0n) is 30.8. The second-order valence-electron chi connectivity index (χ2n) is 16.5. The zero-order chi connectivity index (χ0) is 35.9. The maximum atomic E-state index is 12.4. The molecular weight excluding hydrogens is 608 g/mol. The number of hydrogen-bond acceptors (Lipinski definition) is 8. The van der Waals surface area contributed by atoms with E-state index < -0.39 is 17.3 Å². The van der Waals surface area contributed by atoms with Gasteiger partial charge < -0.3 is 24.4 Å². The predicted octanol–water partition coefficient (Wildman–Crippen LogP) is 8.01. The lowest BCUT2D eigenvalue weighted by atomic mass is 9.92. The summed E-state index contributed by atoms with van der Waals surface area (Å²) in [6.07, 6.45) is 6.79. The Hall–Kier alpha value is -3.53. The standard InChI is InChI=1S/C19H30N2O3.C19H28N2O3/c2*1-18(2,3)24-17(23)21-13-14(12-19(21,4)5)9-10-16(22)15-8-6-7-11-20-15/h6-8,11,14,16,22H,9-10,12-13H2,1-5H3;6-8,11,14H,9-10,12-13H2,1-5H3/t14-,16?;14-/m00/s1. The van der Waals surface area contributed by atoms with Crippen LogP contribution in [0.25, 0.3) is 0 Å². The van der Waals surface area contributed by atoms with Crippen LogP contribution < -0.4 is 0 Å². The molecule has 0 bridgehead atoms. The van der Waals surface area contributed by atoms with Gasteiger partial charge in [-0.05, 0) is 137 Å². The van der Waals surface area contributed by atoms with Crippen LogP contribution >= 0.6 is 0 Å². The molecule has 0 spiro atoms. The molecule has 2 aromatic rings. The van der Waals surface area contributed by atoms with Gasteiger partial charge in [0, 0.05) is 43.0 Å². The molecule has 266 valence electrons. The summed E-state index contributed by atoms with van der Waals surface area (Å²) in [4.78, 5) is 49.0. The van der Waals surface area contributed by atoms with Gasteiger partial charge in [0.05, 0.1) is 11.8 Å². The molecule has 3 atom stereocenters. The summed E-state index contributed by atoms with van der Waals surface area (Å²) >= 11 is 0. The van der Waals surface area contributed by atoms with E-state index in [2.05, 4.69) is 37.7 Å². The molecular formula is C38H58N4O6. The minimum absolute atomic E-state index is 0.0594. The molecule has 1 N–H and O–H groups in total. The van der Waals surface area contributed by atoms with E-state index in [0.29, 0.717) is 49.2 Å². The van der Waals surface area contributed by atoms with Crippen LogP contribution in [0.5, 0.6) is 0 Å². The molecule has 1 unspecified atom stereocenters. The van der Waals surface area contributed by atoms with Crippen molar-refractivity contribution in [3.63, 3.8) is 0 Å². The van der Waals surface area contributed by atoms with E-state index in [1.807, 2.05) is 70.7 Å². The second-order valence-corrected chi connectivity index (χ2v) is 16.5. The molecule has 48 heavy (non-hydrogen) atoms. The fraction of sp³-hybridized carbons (Fsp3) is 0.658. The average Bonchev–Trinajstić information content (AvgIpc) is 3.47. The van der Waals surface area contributed by atoms with E-state index in [4.69, 9.17) is 9.47 Å². The first kappa shape index (κ1) is 38.9. The van der Waals surface area contributed by atoms with E-state index in [9.17, 15) is 19.5 Å². The van der Waals surface area contributed by atoms with Crippen LogP contribution in [-0.4, -0.2) is 78.2 Å². The van der Waals surface area contributed by atoms with Gasteiger partial charge in [0.25, 0.3) is 0 Å². The number of ketones is 1. The molecule has 2 aromatic heterocycles. The smallest absolute Gasteiger partial charge is 0.410 e. The third-order valence-corrected chi connectivity index (χ3v) is 8.75. The van der Waals surface area contributed by atoms with Gasteiger partial charge in [-0.2, -0.15) is 0 Å². The Bertz CT molecular complexity index is 1350. The molecule has 10 heteroatoms. The number of hydrogen-bond donors (Lipinski definition) is 1. The van der Waals surface area contributed by atoms with Gasteiger partial charge in [0.1, 0.15) is 16.9 Å². The van der Waals surface area contributed by atoms with Crippen LogP contribution in [0.3, 0.4) is 0 Å². The van der Waals surface area contributed by atoms with Gasteiger partial charge in [-0.15, -0.1) is 0 Å². The van der Waals surface area contributed by atoms with Crippen molar-refractivity contribution in [3.05, 3.63) is 60.2 Å². The summed E-state index contributed by atoms with van der Waals surface area (Å²) in [5.41, 5.74) is -0.234. The third kappa shape index (κ3) is 11.9. The predicted molar refractivity (Wildman–Crippen MR) is 186 cm³/mol. The molecule has 0 aliphatic carbocycles. The summed E-state index contributed by atoms with van der Waals surface area (Å²) in [5, 5.41) is 10.3. The van der Waals surface area contributed by atoms with Gasteiger partial charge in [-0.25, -0.2) is 9.59 Å². The second kappa shape index (κ2) is 15.8. The Morgan fingerprint density at radius 2 is 1.27 bits per heavy atom. The van der Waals surface area contributed by atoms with Crippen LogP contribution in [0.4, 0.5) is 9.59 Å². The molecule has 0 radical (unpaired) electrons. The van der Waals surface area contributed by atoms with Gasteiger partial charge in [-0.3, -0.25) is 14.8 Å². The van der Waals surface area contributed by atoms with Crippen LogP contribution in [0.1, 0.15) is 130 Å². The first-order valence-electron chi connectivity index (χ1n) is 17.2. The first-order chi connectivity index (χ1) is 22.2. The molecule has 4 heterocycles. The van der Waals surface area contributed by atoms with Gasteiger partial charge >= 0.3 is 12.2 Å². The number of nitrogens with zero attached hydrogens (tertiary/aromatic N) is 4. The van der Waals surface area contributed by atoms with E-state index in [0.717, 1.165) is 25.7 Å². The Balaban J connectivity index is 0.000000260. The van der Waals surface area contributed by atoms with Crippen molar-refractivity contribution in [3.8, 4) is 0 Å². The molecule has 0 saturated carbocycles. The number of aromatic nitrogens is 2. The number of rotatable bonds is 8. The fourth-order valence-electron chi connectivity index (χ4n) is 6.54. The lowest BCUT2D eigenvalue weighted by molar-refractivity contribution is 0.0118. The van der Waals surface area contributed by atoms with Gasteiger partial charge in [0.2, 0.25) is 0 Å². The first-order valence-corrected chi connectivity index (χ1v) is 17.2. The maximum absolute atomic E-state index is 12.4. The topological polar surface area (TPSA) is 122 Å². The van der Waals surface area contributed by atoms with Crippen molar-refractivity contribution in [1.29, 1.82) is 0 Å². The number of carbonyl (C=O) groups is 3. The Labute approximate surface area is 287 Å². The highest BCUT2D eigenvalue weighted by atomic mass is 16.6. The van der Waals surface area contributed by atoms with Crippen molar-refractivity contribution in [2.45, 2.75) is 136 Å². The van der Waals surface area contributed by atoms with Gasteiger partial charge in [0.15, 0.2) is 5.78 Å². The van der Waals surface area contributed by atoms with Crippen molar-refractivity contribution in [1.82, 2.24) is 19.8 Å². The van der Waals surface area contributed by atoms with Crippen molar-refractivity contribution in [2.24, 2.45) is 11.8 Å². The van der Waals surface area contributed by atoms with E-state index >= 15 is 0 Å². The number of Topliss-reactive ketones (excluding diaryl/α,β-unsaturated/α-hetero) is 1. The molecule has 2 aliphatic rings. The minimum atomic E-state index is -0.551. The van der Waals surface area contributed by atoms with E-state index in [1.54, 1.807) is 29.4 Å². The number of carbonyl (C=O) groups excluding carboxylic acids is 3. The maximum Gasteiger partial charge on any atom is 0.410 e. The van der Waals surface area contributed by atoms with Crippen molar-refractivity contribution in [2.75, 3.05) is 13.1 Å². The lowest BCUT2D eigenvalue weighted by Gasteiger charge is -2.33. The largest absolute Gasteiger partial charge is 0.444 e. The number of pyridine rings is 2. The zero-order valence-corrected chi connectivity index (χ0v) is 30.8. The molecule has 0 aromatic carbocycles. The summed E-state index contributed by atoms with van der Waals surface area (Å²) in [6.45, 7) is 20.8. The average molecular weight is 667 g/mol. The van der Waals surface area contributed by atoms with Crippen LogP contribution in [0.2, 0.25) is 0 Å². The summed E-state index contributed by atoms with van der Waals surface area (Å²) in [6, 6.07) is 10.9. The fourth-order valence-corrected chi connectivity index (χ4v) is 6.54. The van der Waals surface area contributed by atoms with Crippen LogP contribution in [0.15, 0.2) is 48.8 Å². The number of ether oxygens (including phenoxy) is 2. The normalized spacial score (nSPS) is 20.8. The lowest BCUT2D eigenvalue weighted by Crippen LogP contribution is -2.45. The Morgan fingerprint density at radius 3 is 1.71 bits per heavy atom. The van der Waals surface area contributed by atoms with Gasteiger partial charge in [-0.1, -0.05) is 12.1 Å². The third-order valence-electron chi connectivity index (χ3n) is 8.75.